The first-order valence-electron chi connectivity index (χ1n) is 8.90. The lowest BCUT2D eigenvalue weighted by molar-refractivity contribution is 0.476. The SMILES string of the molecule is [C-]#[N+]c1c(C)nsc1N=Nc1cc(N=Nc2snc3ncccc23)c(O)cc1N(C)C. The van der Waals surface area contributed by atoms with Gasteiger partial charge in [0, 0.05) is 26.4 Å². The van der Waals surface area contributed by atoms with Gasteiger partial charge < -0.3 is 10.0 Å². The van der Waals surface area contributed by atoms with Crippen LogP contribution in [0.4, 0.5) is 32.8 Å². The van der Waals surface area contributed by atoms with E-state index in [0.717, 1.165) is 16.9 Å². The maximum atomic E-state index is 10.5. The van der Waals surface area contributed by atoms with Gasteiger partial charge in [-0.2, -0.15) is 4.37 Å². The zero-order valence-corrected chi connectivity index (χ0v) is 18.3. The summed E-state index contributed by atoms with van der Waals surface area (Å²) in [5.41, 5.74) is 2.93. The molecule has 4 rings (SSSR count). The van der Waals surface area contributed by atoms with Gasteiger partial charge in [0.15, 0.2) is 15.6 Å². The molecular weight excluding hydrogens is 434 g/mol. The Morgan fingerprint density at radius 1 is 1.03 bits per heavy atom. The Kier molecular flexibility index (Phi) is 5.61. The van der Waals surface area contributed by atoms with E-state index >= 15 is 0 Å². The fourth-order valence-corrected chi connectivity index (χ4v) is 3.98. The maximum absolute atomic E-state index is 10.5. The Labute approximate surface area is 185 Å². The lowest BCUT2D eigenvalue weighted by atomic mass is 10.2. The van der Waals surface area contributed by atoms with Crippen LogP contribution in [0.5, 0.6) is 5.75 Å². The highest BCUT2D eigenvalue weighted by Crippen LogP contribution is 2.42. The van der Waals surface area contributed by atoms with E-state index in [9.17, 15) is 5.11 Å². The molecule has 0 spiro atoms. The summed E-state index contributed by atoms with van der Waals surface area (Å²) in [5, 5.41) is 29.2. The first-order chi connectivity index (χ1) is 15.0. The van der Waals surface area contributed by atoms with Crippen molar-refractivity contribution in [1.29, 1.82) is 0 Å². The van der Waals surface area contributed by atoms with Crippen LogP contribution in [0.2, 0.25) is 0 Å². The topological polar surface area (TPSA) is 116 Å². The number of azo groups is 2. The second-order valence-electron chi connectivity index (χ2n) is 6.52. The van der Waals surface area contributed by atoms with E-state index < -0.39 is 0 Å². The number of nitrogens with zero attached hydrogens (tertiary/aromatic N) is 9. The zero-order chi connectivity index (χ0) is 22.0. The van der Waals surface area contributed by atoms with Gasteiger partial charge in [0.2, 0.25) is 5.69 Å². The molecule has 0 aliphatic heterocycles. The lowest BCUT2D eigenvalue weighted by Gasteiger charge is -2.15. The summed E-state index contributed by atoms with van der Waals surface area (Å²) >= 11 is 2.29. The van der Waals surface area contributed by atoms with E-state index in [4.69, 9.17) is 6.57 Å². The molecular formula is C19H15N9OS2. The molecule has 0 unspecified atom stereocenters. The molecule has 3 heterocycles. The number of pyridine rings is 1. The molecule has 4 aromatic rings. The van der Waals surface area contributed by atoms with Crippen LogP contribution in [-0.2, 0) is 0 Å². The standard InChI is InChI=1S/C19H15N9OS2/c1-10-16(20-2)19(31-26-10)25-22-12-8-13(15(29)9-14(12)28(3)4)23-24-18-11-6-5-7-21-17(11)27-30-18/h5-9,29H,1,3-4H3. The fourth-order valence-electron chi connectivity index (χ4n) is 2.66. The minimum absolute atomic E-state index is 0.0474. The van der Waals surface area contributed by atoms with Crippen LogP contribution >= 0.6 is 23.1 Å². The summed E-state index contributed by atoms with van der Waals surface area (Å²) < 4.78 is 8.39. The molecule has 12 heteroatoms. The van der Waals surface area contributed by atoms with Crippen LogP contribution in [0.3, 0.4) is 0 Å². The number of hydrogen-bond donors (Lipinski definition) is 1. The molecule has 31 heavy (non-hydrogen) atoms. The van der Waals surface area contributed by atoms with Crippen LogP contribution in [0, 0.1) is 13.5 Å². The van der Waals surface area contributed by atoms with E-state index in [0.29, 0.717) is 38.4 Å². The van der Waals surface area contributed by atoms with Crippen molar-refractivity contribution in [3.8, 4) is 5.75 Å². The van der Waals surface area contributed by atoms with Crippen LogP contribution in [0.25, 0.3) is 15.9 Å². The number of aromatic nitrogens is 3. The predicted molar refractivity (Wildman–Crippen MR) is 121 cm³/mol. The van der Waals surface area contributed by atoms with Crippen LogP contribution in [0.1, 0.15) is 5.69 Å². The van der Waals surface area contributed by atoms with Gasteiger partial charge in [-0.15, -0.1) is 20.5 Å². The molecule has 3 aromatic heterocycles. The second-order valence-corrected chi connectivity index (χ2v) is 8.02. The molecule has 0 atom stereocenters. The highest BCUT2D eigenvalue weighted by molar-refractivity contribution is 7.11. The first-order valence-corrected chi connectivity index (χ1v) is 10.4. The third kappa shape index (κ3) is 4.09. The number of phenols is 1. The van der Waals surface area contributed by atoms with Crippen LogP contribution in [0.15, 0.2) is 50.9 Å². The van der Waals surface area contributed by atoms with E-state index in [1.54, 1.807) is 36.2 Å². The number of phenolic OH excluding ortho intramolecular Hbond substituents is 1. The van der Waals surface area contributed by atoms with Crippen molar-refractivity contribution in [3.63, 3.8) is 0 Å². The Bertz CT molecular complexity index is 1360. The van der Waals surface area contributed by atoms with Gasteiger partial charge in [-0.25, -0.2) is 14.2 Å². The molecule has 0 aliphatic carbocycles. The van der Waals surface area contributed by atoms with Crippen molar-refractivity contribution in [2.24, 2.45) is 20.5 Å². The molecule has 1 N–H and O–H groups in total. The Balaban J connectivity index is 1.73. The molecule has 0 bridgehead atoms. The molecule has 0 saturated heterocycles. The average Bonchev–Trinajstić information content (AvgIpc) is 3.34. The van der Waals surface area contributed by atoms with Crippen molar-refractivity contribution in [1.82, 2.24) is 13.7 Å². The smallest absolute Gasteiger partial charge is 0.247 e. The molecule has 0 amide bonds. The van der Waals surface area contributed by atoms with Gasteiger partial charge in [0.25, 0.3) is 0 Å². The zero-order valence-electron chi connectivity index (χ0n) is 16.7. The average molecular weight is 450 g/mol. The second kappa shape index (κ2) is 8.50. The van der Waals surface area contributed by atoms with Gasteiger partial charge in [-0.05, 0) is 48.2 Å². The van der Waals surface area contributed by atoms with Crippen molar-refractivity contribution in [2.75, 3.05) is 19.0 Å². The quantitative estimate of drug-likeness (QED) is 0.272. The minimum Gasteiger partial charge on any atom is -0.506 e. The Morgan fingerprint density at radius 2 is 1.77 bits per heavy atom. The highest BCUT2D eigenvalue weighted by Gasteiger charge is 2.14. The number of aryl methyl sites for hydroxylation is 1. The fraction of sp³-hybridized carbons (Fsp3) is 0.158. The maximum Gasteiger partial charge on any atom is 0.247 e. The van der Waals surface area contributed by atoms with E-state index in [2.05, 4.69) is 39.0 Å². The number of hydrogen-bond acceptors (Lipinski definition) is 11. The first kappa shape index (κ1) is 20.5. The molecule has 10 nitrogen and oxygen atoms in total. The summed E-state index contributed by atoms with van der Waals surface area (Å²) in [6, 6.07) is 6.80. The molecule has 154 valence electrons. The van der Waals surface area contributed by atoms with E-state index in [1.165, 1.54) is 11.5 Å². The summed E-state index contributed by atoms with van der Waals surface area (Å²) in [6.45, 7) is 9.05. The van der Waals surface area contributed by atoms with E-state index in [1.807, 2.05) is 20.2 Å². The third-order valence-corrected chi connectivity index (χ3v) is 5.76. The minimum atomic E-state index is -0.0474. The van der Waals surface area contributed by atoms with Crippen molar-refractivity contribution < 1.29 is 5.11 Å². The number of benzene rings is 1. The van der Waals surface area contributed by atoms with Crippen molar-refractivity contribution in [3.05, 3.63) is 47.6 Å². The van der Waals surface area contributed by atoms with Crippen molar-refractivity contribution >= 4 is 66.9 Å². The molecule has 0 fully saturated rings. The molecule has 0 radical (unpaired) electrons. The monoisotopic (exact) mass is 449 g/mol. The normalized spacial score (nSPS) is 11.5. The molecule has 0 saturated carbocycles. The number of fused-ring (bicyclic) bond motifs is 1. The van der Waals surface area contributed by atoms with Crippen LogP contribution < -0.4 is 4.90 Å². The Hall–Kier alpha value is -3.82. The van der Waals surface area contributed by atoms with Crippen molar-refractivity contribution in [2.45, 2.75) is 6.92 Å². The van der Waals surface area contributed by atoms with Gasteiger partial charge in [-0.3, -0.25) is 0 Å². The summed E-state index contributed by atoms with van der Waals surface area (Å²) in [6.07, 6.45) is 1.66. The largest absolute Gasteiger partial charge is 0.506 e. The summed E-state index contributed by atoms with van der Waals surface area (Å²) in [5.74, 6) is -0.0474. The summed E-state index contributed by atoms with van der Waals surface area (Å²) in [4.78, 5) is 9.44. The predicted octanol–water partition coefficient (Wildman–Crippen LogP) is 6.61. The highest BCUT2D eigenvalue weighted by atomic mass is 32.1. The Morgan fingerprint density at radius 3 is 2.55 bits per heavy atom. The van der Waals surface area contributed by atoms with Gasteiger partial charge in [-0.1, -0.05) is 0 Å². The van der Waals surface area contributed by atoms with Gasteiger partial charge >= 0.3 is 0 Å². The number of anilines is 1. The van der Waals surface area contributed by atoms with Crippen LogP contribution in [-0.4, -0.2) is 32.9 Å². The third-order valence-electron chi connectivity index (χ3n) is 4.21. The van der Waals surface area contributed by atoms with Gasteiger partial charge in [0.05, 0.1) is 23.3 Å². The van der Waals surface area contributed by atoms with Gasteiger partial charge in [0.1, 0.15) is 17.1 Å². The summed E-state index contributed by atoms with van der Waals surface area (Å²) in [7, 11) is 3.65. The molecule has 1 aromatic carbocycles. The molecule has 0 aliphatic rings. The number of rotatable bonds is 5. The lowest BCUT2D eigenvalue weighted by Crippen LogP contribution is -2.08. The number of aromatic hydroxyl groups is 1. The van der Waals surface area contributed by atoms with E-state index in [-0.39, 0.29) is 11.4 Å².